The molecule has 0 radical (unpaired) electrons. The van der Waals surface area contributed by atoms with Crippen molar-refractivity contribution in [2.75, 3.05) is 14.2 Å². The van der Waals surface area contributed by atoms with Crippen molar-refractivity contribution in [1.29, 1.82) is 0 Å². The van der Waals surface area contributed by atoms with Gasteiger partial charge in [-0.3, -0.25) is 0 Å². The van der Waals surface area contributed by atoms with Crippen molar-refractivity contribution in [3.8, 4) is 45.0 Å². The number of carboxylic acid groups (broad SMARTS) is 1. The molecule has 0 atom stereocenters. The molecule has 12 aromatic rings. The number of carbonyl (C=O) groups excluding carboxylic acids is 2. The third-order valence-corrected chi connectivity index (χ3v) is 12.8. The number of rotatable bonds is 8. The molecule has 498 valence electrons. The summed E-state index contributed by atoms with van der Waals surface area (Å²) in [6.45, 7) is 0. The van der Waals surface area contributed by atoms with Crippen LogP contribution in [0.15, 0.2) is 256 Å². The summed E-state index contributed by atoms with van der Waals surface area (Å²) in [7, 11) is 15.4. The first-order chi connectivity index (χ1) is 44.9. The molecule has 12 rings (SSSR count). The minimum absolute atomic E-state index is 0. The molecule has 0 aliphatic rings. The molecular formula is C68H63BCl2F3IN9NaO10Pd-2. The van der Waals surface area contributed by atoms with E-state index in [-0.39, 0.29) is 78.6 Å². The van der Waals surface area contributed by atoms with Gasteiger partial charge in [0, 0.05) is 54.9 Å². The van der Waals surface area contributed by atoms with E-state index in [1.807, 2.05) is 92.0 Å². The SMILES string of the molecule is COC(=O)c1ccc(-c2ncnn2C)cc1F.COC(=O)c1ccc(B(O)O)cc1F.Cn1ncnc1-c1ccc(C(=O)O)c(F)c1.Cn1ncnc1I.O.[Cl][Pd][Cl].[Na+].[OH-].[c-]1ccccc1.[c-]1ccccc1.c1ccc(-c2ccccc2)cc1.c1ccc(-c2ccccc2)cc1. The van der Waals surface area contributed by atoms with E-state index >= 15 is 0 Å². The van der Waals surface area contributed by atoms with Crippen molar-refractivity contribution < 1.29 is 109 Å². The van der Waals surface area contributed by atoms with Gasteiger partial charge >= 0.3 is 89.6 Å². The van der Waals surface area contributed by atoms with Crippen molar-refractivity contribution in [2.24, 2.45) is 21.1 Å². The fourth-order valence-electron chi connectivity index (χ4n) is 7.33. The first-order valence-electron chi connectivity index (χ1n) is 27.1. The Labute approximate surface area is 605 Å². The Bertz CT molecular complexity index is 3830. The average Bonchev–Trinajstić information content (AvgIpc) is 1.56. The molecule has 96 heavy (non-hydrogen) atoms. The maximum atomic E-state index is 13.7. The van der Waals surface area contributed by atoms with Crippen molar-refractivity contribution in [2.45, 2.75) is 0 Å². The monoisotopic (exact) mass is 1560 g/mol. The molecule has 0 unspecified atom stereocenters. The molecule has 0 fully saturated rings. The van der Waals surface area contributed by atoms with Gasteiger partial charge in [0.25, 0.3) is 0 Å². The molecular weight excluding hydrogens is 1500 g/mol. The van der Waals surface area contributed by atoms with E-state index in [1.165, 1.54) is 88.0 Å². The minimum atomic E-state index is -1.75. The molecule has 3 aromatic heterocycles. The number of nitrogens with zero attached hydrogens (tertiary/aromatic N) is 9. The molecule has 19 nitrogen and oxygen atoms in total. The molecule has 0 aliphatic heterocycles. The Morgan fingerprint density at radius 3 is 1.00 bits per heavy atom. The van der Waals surface area contributed by atoms with Gasteiger partial charge in [0.1, 0.15) is 36.4 Å². The predicted molar refractivity (Wildman–Crippen MR) is 364 cm³/mol. The van der Waals surface area contributed by atoms with Gasteiger partial charge in [-0.05, 0) is 64.1 Å². The predicted octanol–water partition coefficient (Wildman–Crippen LogP) is 9.50. The van der Waals surface area contributed by atoms with Gasteiger partial charge < -0.3 is 35.6 Å². The first kappa shape index (κ1) is 85.5. The summed E-state index contributed by atoms with van der Waals surface area (Å²) >= 11 is 2.00. The molecule has 0 aliphatic carbocycles. The second kappa shape index (κ2) is 49.1. The van der Waals surface area contributed by atoms with Gasteiger partial charge in [-0.15, -0.1) is 0 Å². The van der Waals surface area contributed by atoms with Crippen molar-refractivity contribution in [1.82, 2.24) is 44.3 Å². The van der Waals surface area contributed by atoms with Crippen LogP contribution in [0.25, 0.3) is 45.0 Å². The Kier molecular flexibility index (Phi) is 43.7. The third kappa shape index (κ3) is 30.9. The second-order valence-corrected chi connectivity index (χ2v) is 21.3. The number of methoxy groups -OCH3 is 2. The second-order valence-electron chi connectivity index (χ2n) is 18.0. The van der Waals surface area contributed by atoms with E-state index in [2.05, 4.69) is 172 Å². The zero-order valence-corrected chi connectivity index (χ0v) is 59.5. The molecule has 0 amide bonds. The van der Waals surface area contributed by atoms with Crippen LogP contribution in [0.2, 0.25) is 0 Å². The van der Waals surface area contributed by atoms with Crippen molar-refractivity contribution >= 4 is 72.1 Å². The van der Waals surface area contributed by atoms with Gasteiger partial charge in [0.05, 0.1) is 30.9 Å². The Morgan fingerprint density at radius 1 is 0.479 bits per heavy atom. The van der Waals surface area contributed by atoms with E-state index in [9.17, 15) is 27.6 Å². The van der Waals surface area contributed by atoms with Crippen molar-refractivity contribution in [3.63, 3.8) is 0 Å². The Balaban J connectivity index is 0.000000554. The number of aryl methyl sites for hydroxylation is 3. The summed E-state index contributed by atoms with van der Waals surface area (Å²) in [5.41, 5.74) is 5.43. The maximum absolute atomic E-state index is 13.7. The molecule has 0 saturated heterocycles. The summed E-state index contributed by atoms with van der Waals surface area (Å²) in [4.78, 5) is 44.5. The number of esters is 2. The first-order valence-corrected chi connectivity index (χ1v) is 32.2. The number of benzene rings is 9. The topological polar surface area (TPSA) is 284 Å². The summed E-state index contributed by atoms with van der Waals surface area (Å²) in [5, 5.41) is 37.6. The quantitative estimate of drug-likeness (QED) is 0.0552. The van der Waals surface area contributed by atoms with Crippen LogP contribution in [0.5, 0.6) is 0 Å². The number of halogens is 6. The van der Waals surface area contributed by atoms with Crippen LogP contribution in [0.4, 0.5) is 13.2 Å². The molecule has 28 heteroatoms. The van der Waals surface area contributed by atoms with E-state index in [4.69, 9.17) is 34.2 Å². The number of ether oxygens (including phenoxy) is 2. The summed E-state index contributed by atoms with van der Waals surface area (Å²) in [6.07, 6.45) is 4.25. The van der Waals surface area contributed by atoms with Crippen LogP contribution >= 0.6 is 41.6 Å². The number of carbonyl (C=O) groups is 3. The standard InChI is InChI=1S/2C12H10.C11H10FN3O2.C10H8FN3O2.C8H8BFO4.2C6H5.C3H4IN3.2ClH.Na.2H2O.Pd/c2*1-3-7-11(8-4-1)12-9-5-2-6-10-12;1-15-10(13-6-14-15)7-3-4-8(9(12)5-7)11(16)17-2;1-14-9(12-5-13-14)6-2-3-7(10(15)16)8(11)4-6;1-14-8(11)6-3-2-5(9(12)13)4-7(6)10;2*1-2-4-6-5-3-1;1-7-3(4)5-2-6-7;;;;;;/h2*1-10H;3-6H,1-2H3;2-5H,1H3,(H,15,16);2-4,12-13H,1H3;2*1-5H;2H,1H3;2*1H;;2*1H2;/q;;;;;2*-1;;;;+1;;;+2/p-3. The summed E-state index contributed by atoms with van der Waals surface area (Å²) < 4.78 is 54.6. The fraction of sp³-hybridized carbons (Fsp3) is 0.0735. The Hall–Kier alpha value is -8.52. The van der Waals surface area contributed by atoms with Gasteiger partial charge in [0.2, 0.25) is 0 Å². The normalized spacial score (nSPS) is 9.30. The summed E-state index contributed by atoms with van der Waals surface area (Å²) in [6, 6.07) is 77.8. The molecule has 0 saturated carbocycles. The molecule has 0 bridgehead atoms. The van der Waals surface area contributed by atoms with Crippen molar-refractivity contribution in [3.05, 3.63) is 306 Å². The fourth-order valence-corrected chi connectivity index (χ4v) is 7.58. The van der Waals surface area contributed by atoms with Gasteiger partial charge in [-0.25, -0.2) is 56.6 Å². The summed E-state index contributed by atoms with van der Waals surface area (Å²) in [5.74, 6) is -4.06. The van der Waals surface area contributed by atoms with E-state index < -0.39 is 42.5 Å². The van der Waals surface area contributed by atoms with Crippen LogP contribution in [0, 0.1) is 33.4 Å². The van der Waals surface area contributed by atoms with Gasteiger partial charge in [-0.1, -0.05) is 140 Å². The molecule has 0 spiro atoms. The van der Waals surface area contributed by atoms with Crippen LogP contribution in [-0.2, 0) is 46.6 Å². The Morgan fingerprint density at radius 2 is 0.781 bits per heavy atom. The molecule has 6 N–H and O–H groups in total. The van der Waals surface area contributed by atoms with Crippen LogP contribution in [0.3, 0.4) is 0 Å². The smallest absolute Gasteiger partial charge is 0.870 e. The number of aromatic carboxylic acids is 1. The molecule has 9 aromatic carbocycles. The molecule has 3 heterocycles. The van der Waals surface area contributed by atoms with Crippen LogP contribution in [0.1, 0.15) is 31.1 Å². The maximum Gasteiger partial charge on any atom is 1.00 e. The van der Waals surface area contributed by atoms with E-state index in [0.29, 0.717) is 22.8 Å². The average molecular weight is 1560 g/mol. The number of carboxylic acids is 1. The zero-order chi connectivity index (χ0) is 67.8. The van der Waals surface area contributed by atoms with Crippen LogP contribution in [-0.4, -0.2) is 110 Å². The van der Waals surface area contributed by atoms with E-state index in [1.54, 1.807) is 24.8 Å². The third-order valence-electron chi connectivity index (χ3n) is 11.8. The minimum Gasteiger partial charge on any atom is -0.870 e. The number of aromatic nitrogens is 9. The van der Waals surface area contributed by atoms with Gasteiger partial charge in [0.15, 0.2) is 15.5 Å². The number of hydrogen-bond acceptors (Lipinski definition) is 14. The largest absolute Gasteiger partial charge is 1.00 e. The zero-order valence-electron chi connectivity index (χ0n) is 52.3. The number of hydrogen-bond donors (Lipinski definition) is 3. The van der Waals surface area contributed by atoms with E-state index in [0.717, 1.165) is 29.1 Å². The van der Waals surface area contributed by atoms with Crippen LogP contribution < -0.4 is 35.0 Å². The van der Waals surface area contributed by atoms with Gasteiger partial charge in [-0.2, -0.15) is 88.1 Å².